The number of thiazole rings is 1. The Morgan fingerprint density at radius 3 is 2.75 bits per heavy atom. The molecule has 1 amide bonds. The molecule has 1 heterocycles. The van der Waals surface area contributed by atoms with Gasteiger partial charge in [-0.3, -0.25) is 4.79 Å². The number of carbonyl (C=O) groups excluding carboxylic acids is 1. The number of aryl methyl sites for hydroxylation is 1. The van der Waals surface area contributed by atoms with E-state index in [1.807, 2.05) is 19.9 Å². The van der Waals surface area contributed by atoms with Gasteiger partial charge < -0.3 is 15.2 Å². The summed E-state index contributed by atoms with van der Waals surface area (Å²) in [6, 6.07) is 5.41. The Morgan fingerprint density at radius 2 is 2.17 bits per heavy atom. The molecular formula is C16H20N4O3S. The van der Waals surface area contributed by atoms with Crippen LogP contribution in [0.15, 0.2) is 23.3 Å². The fourth-order valence-electron chi connectivity index (χ4n) is 1.96. The first-order valence-electron chi connectivity index (χ1n) is 7.31. The van der Waals surface area contributed by atoms with Gasteiger partial charge in [0.25, 0.3) is 5.91 Å². The van der Waals surface area contributed by atoms with E-state index in [0.29, 0.717) is 27.2 Å². The fourth-order valence-corrected chi connectivity index (χ4v) is 2.68. The lowest BCUT2D eigenvalue weighted by Gasteiger charge is -2.13. The van der Waals surface area contributed by atoms with Gasteiger partial charge in [0, 0.05) is 0 Å². The Balaban J connectivity index is 2.06. The standard InChI is InChI=1S/C16H20N4O3S/c1-9(2)23-12-6-5-11(7-13(12)22-4)8-18-20-15(21)14-10(3)19-16(17)24-14/h5-9H,1-4H3,(H2,17,19)(H,20,21). The van der Waals surface area contributed by atoms with Gasteiger partial charge in [0.15, 0.2) is 16.6 Å². The molecule has 0 saturated heterocycles. The van der Waals surface area contributed by atoms with Crippen LogP contribution in [0.25, 0.3) is 0 Å². The van der Waals surface area contributed by atoms with Crippen LogP contribution in [0.3, 0.4) is 0 Å². The normalized spacial score (nSPS) is 11.0. The zero-order chi connectivity index (χ0) is 17.7. The summed E-state index contributed by atoms with van der Waals surface area (Å²) in [5.74, 6) is 0.916. The molecule has 0 aliphatic heterocycles. The van der Waals surface area contributed by atoms with Crippen molar-refractivity contribution in [2.45, 2.75) is 26.9 Å². The molecule has 0 atom stereocenters. The first-order valence-corrected chi connectivity index (χ1v) is 8.13. The van der Waals surface area contributed by atoms with Gasteiger partial charge >= 0.3 is 0 Å². The number of benzene rings is 1. The van der Waals surface area contributed by atoms with E-state index in [-0.39, 0.29) is 12.0 Å². The molecular weight excluding hydrogens is 328 g/mol. The predicted molar refractivity (Wildman–Crippen MR) is 95.1 cm³/mol. The lowest BCUT2D eigenvalue weighted by atomic mass is 10.2. The summed E-state index contributed by atoms with van der Waals surface area (Å²) in [7, 11) is 1.57. The molecule has 2 aromatic rings. The van der Waals surface area contributed by atoms with E-state index < -0.39 is 0 Å². The Bertz CT molecular complexity index is 756. The topological polar surface area (TPSA) is 98.8 Å². The molecule has 0 fully saturated rings. The van der Waals surface area contributed by atoms with Crippen molar-refractivity contribution in [1.29, 1.82) is 0 Å². The summed E-state index contributed by atoms with van der Waals surface area (Å²) in [5.41, 5.74) is 9.39. The van der Waals surface area contributed by atoms with Crippen LogP contribution in [0.5, 0.6) is 11.5 Å². The number of nitrogens with zero attached hydrogens (tertiary/aromatic N) is 2. The summed E-state index contributed by atoms with van der Waals surface area (Å²) in [6.45, 7) is 5.61. The quantitative estimate of drug-likeness (QED) is 0.617. The van der Waals surface area contributed by atoms with Gasteiger partial charge in [-0.05, 0) is 44.5 Å². The minimum Gasteiger partial charge on any atom is -0.493 e. The van der Waals surface area contributed by atoms with Crippen LogP contribution in [-0.4, -0.2) is 30.3 Å². The van der Waals surface area contributed by atoms with Crippen molar-refractivity contribution in [2.75, 3.05) is 12.8 Å². The highest BCUT2D eigenvalue weighted by Crippen LogP contribution is 2.28. The number of aromatic nitrogens is 1. The average molecular weight is 348 g/mol. The van der Waals surface area contributed by atoms with E-state index in [4.69, 9.17) is 15.2 Å². The van der Waals surface area contributed by atoms with E-state index in [1.165, 1.54) is 6.21 Å². The zero-order valence-electron chi connectivity index (χ0n) is 14.0. The number of nitrogen functional groups attached to an aromatic ring is 1. The van der Waals surface area contributed by atoms with Gasteiger partial charge in [-0.25, -0.2) is 10.4 Å². The summed E-state index contributed by atoms with van der Waals surface area (Å²) in [6.07, 6.45) is 1.58. The maximum Gasteiger partial charge on any atom is 0.283 e. The van der Waals surface area contributed by atoms with E-state index in [2.05, 4.69) is 15.5 Å². The van der Waals surface area contributed by atoms with Crippen LogP contribution < -0.4 is 20.6 Å². The lowest BCUT2D eigenvalue weighted by molar-refractivity contribution is 0.0958. The van der Waals surface area contributed by atoms with Crippen molar-refractivity contribution in [1.82, 2.24) is 10.4 Å². The van der Waals surface area contributed by atoms with E-state index in [9.17, 15) is 4.79 Å². The number of methoxy groups -OCH3 is 1. The van der Waals surface area contributed by atoms with Crippen LogP contribution in [0.2, 0.25) is 0 Å². The van der Waals surface area contributed by atoms with E-state index in [0.717, 1.165) is 16.9 Å². The van der Waals surface area contributed by atoms with Crippen LogP contribution in [0.4, 0.5) is 5.13 Å². The number of carbonyl (C=O) groups is 1. The lowest BCUT2D eigenvalue weighted by Crippen LogP contribution is -2.17. The first-order chi connectivity index (χ1) is 11.4. The first kappa shape index (κ1) is 17.7. The molecule has 3 N–H and O–H groups in total. The summed E-state index contributed by atoms with van der Waals surface area (Å²) in [4.78, 5) is 16.5. The maximum atomic E-state index is 12.0. The summed E-state index contributed by atoms with van der Waals surface area (Å²) < 4.78 is 11.0. The van der Waals surface area contributed by atoms with Crippen LogP contribution in [0.1, 0.15) is 34.8 Å². The summed E-state index contributed by atoms with van der Waals surface area (Å²) >= 11 is 1.13. The summed E-state index contributed by atoms with van der Waals surface area (Å²) in [5, 5.41) is 4.31. The van der Waals surface area contributed by atoms with Gasteiger partial charge in [-0.1, -0.05) is 11.3 Å². The Hall–Kier alpha value is -2.61. The number of rotatable bonds is 6. The Kier molecular flexibility index (Phi) is 5.75. The third-order valence-electron chi connectivity index (χ3n) is 2.95. The molecule has 24 heavy (non-hydrogen) atoms. The molecule has 0 aliphatic rings. The van der Waals surface area contributed by atoms with E-state index >= 15 is 0 Å². The number of nitrogens with one attached hydrogen (secondary N) is 1. The number of nitrogens with two attached hydrogens (primary N) is 1. The minimum absolute atomic E-state index is 0.0489. The zero-order valence-corrected chi connectivity index (χ0v) is 14.8. The van der Waals surface area contributed by atoms with Crippen molar-refractivity contribution in [3.63, 3.8) is 0 Å². The molecule has 7 nitrogen and oxygen atoms in total. The van der Waals surface area contributed by atoms with E-state index in [1.54, 1.807) is 26.2 Å². The largest absolute Gasteiger partial charge is 0.493 e. The van der Waals surface area contributed by atoms with Gasteiger partial charge in [0.05, 0.1) is 25.1 Å². The molecule has 0 bridgehead atoms. The third-order valence-corrected chi connectivity index (χ3v) is 3.93. The second-order valence-electron chi connectivity index (χ2n) is 5.24. The molecule has 0 unspecified atom stereocenters. The second kappa shape index (κ2) is 7.78. The van der Waals surface area contributed by atoms with Gasteiger partial charge in [-0.2, -0.15) is 5.10 Å². The Morgan fingerprint density at radius 1 is 1.42 bits per heavy atom. The van der Waals surface area contributed by atoms with Crippen molar-refractivity contribution in [2.24, 2.45) is 5.10 Å². The molecule has 1 aromatic carbocycles. The van der Waals surface area contributed by atoms with Gasteiger partial charge in [0.2, 0.25) is 0 Å². The fraction of sp³-hybridized carbons (Fsp3) is 0.312. The predicted octanol–water partition coefficient (Wildman–Crippen LogP) is 2.59. The monoisotopic (exact) mass is 348 g/mol. The highest BCUT2D eigenvalue weighted by Gasteiger charge is 2.13. The number of hydrogen-bond acceptors (Lipinski definition) is 7. The SMILES string of the molecule is COc1cc(C=NNC(=O)c2sc(N)nc2C)ccc1OC(C)C. The molecule has 0 spiro atoms. The average Bonchev–Trinajstić information content (AvgIpc) is 2.86. The molecule has 0 radical (unpaired) electrons. The smallest absolute Gasteiger partial charge is 0.283 e. The van der Waals surface area contributed by atoms with Crippen LogP contribution in [0, 0.1) is 6.92 Å². The molecule has 1 aromatic heterocycles. The molecule has 2 rings (SSSR count). The highest BCUT2D eigenvalue weighted by atomic mass is 32.1. The maximum absolute atomic E-state index is 12.0. The molecule has 8 heteroatoms. The van der Waals surface area contributed by atoms with Crippen molar-refractivity contribution >= 4 is 28.6 Å². The van der Waals surface area contributed by atoms with Crippen molar-refractivity contribution in [3.05, 3.63) is 34.3 Å². The van der Waals surface area contributed by atoms with Gasteiger partial charge in [0.1, 0.15) is 4.88 Å². The van der Waals surface area contributed by atoms with Crippen molar-refractivity contribution in [3.8, 4) is 11.5 Å². The molecule has 0 saturated carbocycles. The van der Waals surface area contributed by atoms with Gasteiger partial charge in [-0.15, -0.1) is 0 Å². The third kappa shape index (κ3) is 4.45. The van der Waals surface area contributed by atoms with Crippen LogP contribution >= 0.6 is 11.3 Å². The van der Waals surface area contributed by atoms with Crippen molar-refractivity contribution < 1.29 is 14.3 Å². The minimum atomic E-state index is -0.343. The molecule has 128 valence electrons. The second-order valence-corrected chi connectivity index (χ2v) is 6.27. The molecule has 0 aliphatic carbocycles. The number of anilines is 1. The number of hydrazone groups is 1. The number of hydrogen-bond donors (Lipinski definition) is 2. The Labute approximate surface area is 144 Å². The number of amides is 1. The highest BCUT2D eigenvalue weighted by molar-refractivity contribution is 7.17. The number of ether oxygens (including phenoxy) is 2. The van der Waals surface area contributed by atoms with Crippen LogP contribution in [-0.2, 0) is 0 Å².